The van der Waals surface area contributed by atoms with Crippen molar-refractivity contribution in [1.29, 1.82) is 0 Å². The number of carbonyl (C=O) groups is 1. The number of aromatic amines is 1. The molecule has 0 bridgehead atoms. The van der Waals surface area contributed by atoms with E-state index in [9.17, 15) is 4.79 Å². The lowest BCUT2D eigenvalue weighted by molar-refractivity contribution is -0.118. The van der Waals surface area contributed by atoms with Crippen molar-refractivity contribution in [3.05, 3.63) is 48.5 Å². The minimum absolute atomic E-state index is 0.198. The van der Waals surface area contributed by atoms with Crippen molar-refractivity contribution >= 4 is 11.6 Å². The fourth-order valence-electron chi connectivity index (χ4n) is 3.45. The van der Waals surface area contributed by atoms with Crippen LogP contribution in [0.25, 0.3) is 0 Å². The molecular weight excluding hydrogens is 300 g/mol. The average Bonchev–Trinajstić information content (AvgIpc) is 3.13. The predicted molar refractivity (Wildman–Crippen MR) is 95.7 cm³/mol. The molecule has 0 saturated carbocycles. The van der Waals surface area contributed by atoms with Gasteiger partial charge in [-0.15, -0.1) is 0 Å². The third-order valence-corrected chi connectivity index (χ3v) is 4.64. The number of nitrogens with zero attached hydrogens (tertiary/aromatic N) is 3. The molecule has 1 aliphatic rings. The van der Waals surface area contributed by atoms with Crippen LogP contribution in [0.15, 0.2) is 42.7 Å². The molecule has 1 N–H and O–H groups in total. The summed E-state index contributed by atoms with van der Waals surface area (Å²) in [5.74, 6) is 1.72. The van der Waals surface area contributed by atoms with Crippen molar-refractivity contribution in [2.75, 3.05) is 24.5 Å². The van der Waals surface area contributed by atoms with Gasteiger partial charge in [0, 0.05) is 37.6 Å². The number of benzene rings is 1. The zero-order valence-corrected chi connectivity index (χ0v) is 14.3. The topological polar surface area (TPSA) is 52.2 Å². The minimum Gasteiger partial charge on any atom is -0.348 e. The average molecular weight is 326 g/mol. The van der Waals surface area contributed by atoms with E-state index in [4.69, 9.17) is 0 Å². The molecule has 1 aromatic heterocycles. The van der Waals surface area contributed by atoms with Gasteiger partial charge in [0.1, 0.15) is 5.82 Å². The lowest BCUT2D eigenvalue weighted by Gasteiger charge is -2.35. The Labute approximate surface area is 143 Å². The molecule has 1 unspecified atom stereocenters. The van der Waals surface area contributed by atoms with Crippen LogP contribution in [0.4, 0.5) is 5.69 Å². The number of hydrogen-bond donors (Lipinski definition) is 1. The van der Waals surface area contributed by atoms with Gasteiger partial charge in [0.25, 0.3) is 0 Å². The number of H-pyrrole nitrogens is 1. The summed E-state index contributed by atoms with van der Waals surface area (Å²) in [5.41, 5.74) is 1.01. The first-order valence-corrected chi connectivity index (χ1v) is 8.82. The normalized spacial score (nSPS) is 18.5. The van der Waals surface area contributed by atoms with Gasteiger partial charge in [0.15, 0.2) is 0 Å². The molecule has 1 amide bonds. The van der Waals surface area contributed by atoms with E-state index in [2.05, 4.69) is 14.9 Å². The predicted octanol–water partition coefficient (Wildman–Crippen LogP) is 3.06. The molecule has 1 aromatic carbocycles. The summed E-state index contributed by atoms with van der Waals surface area (Å²) in [7, 11) is 0. The highest BCUT2D eigenvalue weighted by molar-refractivity contribution is 5.93. The van der Waals surface area contributed by atoms with Gasteiger partial charge < -0.3 is 9.88 Å². The summed E-state index contributed by atoms with van der Waals surface area (Å²) in [5, 5.41) is 0. The molecule has 0 spiro atoms. The first-order valence-electron chi connectivity index (χ1n) is 8.82. The van der Waals surface area contributed by atoms with Gasteiger partial charge in [-0.3, -0.25) is 9.69 Å². The standard InChI is InChI=1S/C19H26N4O/c1-2-19(24)23(17-8-4-3-5-9-17)14-16-7-6-12-22(13-16)15-18-20-10-11-21-18/h3-5,8-11,16H,2,6-7,12-15H2,1H3,(H,20,21). The van der Waals surface area contributed by atoms with E-state index >= 15 is 0 Å². The number of aromatic nitrogens is 2. The zero-order chi connectivity index (χ0) is 16.8. The largest absolute Gasteiger partial charge is 0.348 e. The smallest absolute Gasteiger partial charge is 0.226 e. The molecule has 3 rings (SSSR count). The number of likely N-dealkylation sites (tertiary alicyclic amines) is 1. The summed E-state index contributed by atoms with van der Waals surface area (Å²) in [6.45, 7) is 5.70. The van der Waals surface area contributed by atoms with Crippen LogP contribution in [-0.4, -0.2) is 40.4 Å². The van der Waals surface area contributed by atoms with Gasteiger partial charge in [-0.05, 0) is 37.4 Å². The SMILES string of the molecule is CCC(=O)N(CC1CCCN(Cc2ncc[nH]2)C1)c1ccccc1. The van der Waals surface area contributed by atoms with Crippen LogP contribution >= 0.6 is 0 Å². The molecule has 1 saturated heterocycles. The van der Waals surface area contributed by atoms with Crippen molar-refractivity contribution in [2.24, 2.45) is 5.92 Å². The number of carbonyl (C=O) groups excluding carboxylic acids is 1. The Morgan fingerprint density at radius 2 is 2.21 bits per heavy atom. The van der Waals surface area contributed by atoms with Gasteiger partial charge >= 0.3 is 0 Å². The summed E-state index contributed by atoms with van der Waals surface area (Å²) >= 11 is 0. The molecule has 5 heteroatoms. The van der Waals surface area contributed by atoms with E-state index in [1.54, 1.807) is 6.20 Å². The van der Waals surface area contributed by atoms with E-state index in [0.29, 0.717) is 12.3 Å². The van der Waals surface area contributed by atoms with Crippen LogP contribution in [-0.2, 0) is 11.3 Å². The quantitative estimate of drug-likeness (QED) is 0.887. The molecule has 0 aliphatic carbocycles. The van der Waals surface area contributed by atoms with Gasteiger partial charge in [-0.25, -0.2) is 4.98 Å². The maximum Gasteiger partial charge on any atom is 0.226 e. The van der Waals surface area contributed by atoms with Crippen LogP contribution in [0.1, 0.15) is 32.0 Å². The summed E-state index contributed by atoms with van der Waals surface area (Å²) < 4.78 is 0. The molecule has 128 valence electrons. The van der Waals surface area contributed by atoms with Crippen LogP contribution in [0, 0.1) is 5.92 Å². The first kappa shape index (κ1) is 16.7. The molecular formula is C19H26N4O. The Kier molecular flexibility index (Phi) is 5.64. The van der Waals surface area contributed by atoms with E-state index in [0.717, 1.165) is 37.7 Å². The summed E-state index contributed by atoms with van der Waals surface area (Å²) in [4.78, 5) is 24.3. The van der Waals surface area contributed by atoms with E-state index in [-0.39, 0.29) is 5.91 Å². The van der Waals surface area contributed by atoms with Crippen molar-refractivity contribution < 1.29 is 4.79 Å². The van der Waals surface area contributed by atoms with E-state index < -0.39 is 0 Å². The highest BCUT2D eigenvalue weighted by atomic mass is 16.2. The van der Waals surface area contributed by atoms with Crippen molar-refractivity contribution in [3.8, 4) is 0 Å². The van der Waals surface area contributed by atoms with Crippen LogP contribution in [0.2, 0.25) is 0 Å². The fourth-order valence-corrected chi connectivity index (χ4v) is 3.45. The number of nitrogens with one attached hydrogen (secondary N) is 1. The third-order valence-electron chi connectivity index (χ3n) is 4.64. The maximum absolute atomic E-state index is 12.4. The van der Waals surface area contributed by atoms with Gasteiger partial charge in [-0.2, -0.15) is 0 Å². The Bertz CT molecular complexity index is 626. The Morgan fingerprint density at radius 3 is 2.92 bits per heavy atom. The van der Waals surface area contributed by atoms with Gasteiger partial charge in [-0.1, -0.05) is 25.1 Å². The molecule has 1 aliphatic heterocycles. The number of rotatable bonds is 6. The lowest BCUT2D eigenvalue weighted by atomic mass is 9.97. The Hall–Kier alpha value is -2.14. The molecule has 24 heavy (non-hydrogen) atoms. The number of anilines is 1. The number of imidazole rings is 1. The van der Waals surface area contributed by atoms with E-state index in [1.807, 2.05) is 48.4 Å². The Balaban J connectivity index is 1.64. The monoisotopic (exact) mass is 326 g/mol. The van der Waals surface area contributed by atoms with E-state index in [1.165, 1.54) is 12.8 Å². The number of hydrogen-bond acceptors (Lipinski definition) is 3. The Morgan fingerprint density at radius 1 is 1.38 bits per heavy atom. The second kappa shape index (κ2) is 8.11. The minimum atomic E-state index is 0.198. The van der Waals surface area contributed by atoms with Crippen molar-refractivity contribution in [2.45, 2.75) is 32.7 Å². The first-order chi connectivity index (χ1) is 11.8. The highest BCUT2D eigenvalue weighted by Crippen LogP contribution is 2.23. The van der Waals surface area contributed by atoms with Crippen LogP contribution < -0.4 is 4.90 Å². The summed E-state index contributed by atoms with van der Waals surface area (Å²) in [6, 6.07) is 10.0. The molecule has 0 radical (unpaired) electrons. The van der Waals surface area contributed by atoms with Gasteiger partial charge in [0.05, 0.1) is 6.54 Å². The van der Waals surface area contributed by atoms with Crippen LogP contribution in [0.3, 0.4) is 0 Å². The second-order valence-electron chi connectivity index (χ2n) is 6.47. The maximum atomic E-state index is 12.4. The molecule has 5 nitrogen and oxygen atoms in total. The number of para-hydroxylation sites is 1. The fraction of sp³-hybridized carbons (Fsp3) is 0.474. The van der Waals surface area contributed by atoms with Gasteiger partial charge in [0.2, 0.25) is 5.91 Å². The molecule has 1 fully saturated rings. The lowest BCUT2D eigenvalue weighted by Crippen LogP contribution is -2.42. The second-order valence-corrected chi connectivity index (χ2v) is 6.47. The highest BCUT2D eigenvalue weighted by Gasteiger charge is 2.25. The zero-order valence-electron chi connectivity index (χ0n) is 14.3. The van der Waals surface area contributed by atoms with Crippen LogP contribution in [0.5, 0.6) is 0 Å². The van der Waals surface area contributed by atoms with Crippen molar-refractivity contribution in [3.63, 3.8) is 0 Å². The van der Waals surface area contributed by atoms with Crippen molar-refractivity contribution in [1.82, 2.24) is 14.9 Å². The number of amides is 1. The third kappa shape index (κ3) is 4.23. The molecule has 2 heterocycles. The molecule has 2 aromatic rings. The molecule has 1 atom stereocenters. The summed E-state index contributed by atoms with van der Waals surface area (Å²) in [6.07, 6.45) is 6.56. The number of piperidine rings is 1.